The summed E-state index contributed by atoms with van der Waals surface area (Å²) in [5.41, 5.74) is 0.906. The fourth-order valence-corrected chi connectivity index (χ4v) is 1.63. The fourth-order valence-electron chi connectivity index (χ4n) is 1.63. The molecular formula is C18H24O6. The molecule has 0 spiro atoms. The lowest BCUT2D eigenvalue weighted by molar-refractivity contribution is -0.149. The smallest absolute Gasteiger partial charge is 0.332 e. The molecule has 1 aromatic rings. The molecule has 0 saturated carbocycles. The maximum atomic E-state index is 11.3. The second kappa shape index (κ2) is 12.2. The average Bonchev–Trinajstić information content (AvgIpc) is 2.60. The van der Waals surface area contributed by atoms with Gasteiger partial charge in [0.15, 0.2) is 25.1 Å². The van der Waals surface area contributed by atoms with Gasteiger partial charge in [0.25, 0.3) is 0 Å². The molecule has 6 nitrogen and oxygen atoms in total. The summed E-state index contributed by atoms with van der Waals surface area (Å²) in [4.78, 5) is 11.3. The van der Waals surface area contributed by atoms with Gasteiger partial charge in [-0.1, -0.05) is 24.3 Å². The van der Waals surface area contributed by atoms with Gasteiger partial charge in [0.2, 0.25) is 0 Å². The highest BCUT2D eigenvalue weighted by Gasteiger charge is 2.04. The molecule has 0 radical (unpaired) electrons. The molecule has 0 unspecified atom stereocenters. The van der Waals surface area contributed by atoms with E-state index >= 15 is 0 Å². The molecule has 0 N–H and O–H groups in total. The van der Waals surface area contributed by atoms with Crippen LogP contribution in [0.4, 0.5) is 0 Å². The lowest BCUT2D eigenvalue weighted by atomic mass is 10.2. The van der Waals surface area contributed by atoms with Gasteiger partial charge in [-0.25, -0.2) is 4.79 Å². The van der Waals surface area contributed by atoms with Crippen molar-refractivity contribution in [2.24, 2.45) is 0 Å². The molecule has 0 aliphatic carbocycles. The highest BCUT2D eigenvalue weighted by Crippen LogP contribution is 2.28. The number of benzene rings is 1. The molecule has 1 rings (SSSR count). The van der Waals surface area contributed by atoms with Crippen LogP contribution in [0.25, 0.3) is 6.08 Å². The zero-order chi connectivity index (χ0) is 17.6. The van der Waals surface area contributed by atoms with Crippen molar-refractivity contribution in [2.45, 2.75) is 13.8 Å². The third kappa shape index (κ3) is 7.80. The standard InChI is InChI=1S/C18H24O6/c1-4-21-13-23-16-11-10-15(12-17(16)20-3)8-6-7-9-18(19)24-14-22-5-2/h6-12H,4-5,13-14H2,1-3H3. The van der Waals surface area contributed by atoms with E-state index in [0.717, 1.165) is 5.56 Å². The summed E-state index contributed by atoms with van der Waals surface area (Å²) in [5, 5.41) is 0. The maximum Gasteiger partial charge on any atom is 0.332 e. The lowest BCUT2D eigenvalue weighted by Crippen LogP contribution is -2.05. The predicted octanol–water partition coefficient (Wildman–Crippen LogP) is 3.17. The molecule has 0 saturated heterocycles. The van der Waals surface area contributed by atoms with E-state index in [0.29, 0.717) is 24.7 Å². The number of allylic oxidation sites excluding steroid dienone is 2. The van der Waals surface area contributed by atoms with Crippen LogP contribution in [0.3, 0.4) is 0 Å². The van der Waals surface area contributed by atoms with E-state index in [-0.39, 0.29) is 13.6 Å². The first-order valence-corrected chi connectivity index (χ1v) is 7.69. The molecule has 0 aliphatic rings. The first-order chi connectivity index (χ1) is 11.7. The Morgan fingerprint density at radius 2 is 1.79 bits per heavy atom. The highest BCUT2D eigenvalue weighted by atomic mass is 16.7. The van der Waals surface area contributed by atoms with Gasteiger partial charge >= 0.3 is 5.97 Å². The molecule has 0 fully saturated rings. The topological polar surface area (TPSA) is 63.2 Å². The van der Waals surface area contributed by atoms with Crippen molar-refractivity contribution in [1.29, 1.82) is 0 Å². The van der Waals surface area contributed by atoms with E-state index in [4.69, 9.17) is 23.7 Å². The van der Waals surface area contributed by atoms with Crippen molar-refractivity contribution in [3.8, 4) is 11.5 Å². The van der Waals surface area contributed by atoms with Crippen LogP contribution < -0.4 is 9.47 Å². The van der Waals surface area contributed by atoms with E-state index in [1.807, 2.05) is 32.1 Å². The minimum absolute atomic E-state index is 0.0379. The summed E-state index contributed by atoms with van der Waals surface area (Å²) in [7, 11) is 1.57. The summed E-state index contributed by atoms with van der Waals surface area (Å²) >= 11 is 0. The van der Waals surface area contributed by atoms with Crippen molar-refractivity contribution in [2.75, 3.05) is 33.9 Å². The van der Waals surface area contributed by atoms with E-state index in [9.17, 15) is 4.79 Å². The Labute approximate surface area is 142 Å². The number of esters is 1. The average molecular weight is 336 g/mol. The first-order valence-electron chi connectivity index (χ1n) is 7.69. The van der Waals surface area contributed by atoms with Crippen molar-refractivity contribution in [1.82, 2.24) is 0 Å². The van der Waals surface area contributed by atoms with Crippen molar-refractivity contribution in [3.63, 3.8) is 0 Å². The van der Waals surface area contributed by atoms with Crippen LogP contribution in [0.1, 0.15) is 19.4 Å². The molecule has 0 bridgehead atoms. The summed E-state index contributed by atoms with van der Waals surface area (Å²) in [6, 6.07) is 5.51. The quantitative estimate of drug-likeness (QED) is 0.203. The van der Waals surface area contributed by atoms with Gasteiger partial charge in [-0.2, -0.15) is 0 Å². The van der Waals surface area contributed by atoms with Gasteiger partial charge in [0, 0.05) is 19.3 Å². The Balaban J connectivity index is 2.56. The SMILES string of the molecule is CCOCOC(=O)C=CC=Cc1ccc(OCOCC)c(OC)c1. The Bertz CT molecular complexity index is 550. The van der Waals surface area contributed by atoms with E-state index in [1.165, 1.54) is 6.08 Å². The number of hydrogen-bond acceptors (Lipinski definition) is 6. The minimum Gasteiger partial charge on any atom is -0.493 e. The van der Waals surface area contributed by atoms with Gasteiger partial charge in [-0.3, -0.25) is 0 Å². The van der Waals surface area contributed by atoms with Gasteiger partial charge in [-0.15, -0.1) is 0 Å². The van der Waals surface area contributed by atoms with Crippen molar-refractivity contribution >= 4 is 12.0 Å². The second-order valence-corrected chi connectivity index (χ2v) is 4.46. The summed E-state index contributed by atoms with van der Waals surface area (Å²) in [6.45, 7) is 4.95. The third-order valence-electron chi connectivity index (χ3n) is 2.81. The first kappa shape index (κ1) is 19.7. The molecule has 1 aromatic carbocycles. The Kier molecular flexibility index (Phi) is 9.99. The van der Waals surface area contributed by atoms with Gasteiger partial charge < -0.3 is 23.7 Å². The number of hydrogen-bond donors (Lipinski definition) is 0. The van der Waals surface area contributed by atoms with Crippen LogP contribution in [0.15, 0.2) is 36.4 Å². The summed E-state index contributed by atoms with van der Waals surface area (Å²) < 4.78 is 25.6. The molecule has 132 valence electrons. The van der Waals surface area contributed by atoms with E-state index < -0.39 is 5.97 Å². The van der Waals surface area contributed by atoms with Crippen molar-refractivity contribution in [3.05, 3.63) is 42.0 Å². The van der Waals surface area contributed by atoms with E-state index in [1.54, 1.807) is 25.3 Å². The molecule has 0 heterocycles. The molecule has 0 amide bonds. The maximum absolute atomic E-state index is 11.3. The lowest BCUT2D eigenvalue weighted by Gasteiger charge is -2.10. The number of ether oxygens (including phenoxy) is 5. The number of carbonyl (C=O) groups is 1. The van der Waals surface area contributed by atoms with Crippen LogP contribution in [-0.4, -0.2) is 39.9 Å². The Hall–Kier alpha value is -2.31. The number of carbonyl (C=O) groups excluding carboxylic acids is 1. The minimum atomic E-state index is -0.453. The van der Waals surface area contributed by atoms with Gasteiger partial charge in [0.1, 0.15) is 0 Å². The van der Waals surface area contributed by atoms with Crippen molar-refractivity contribution < 1.29 is 28.5 Å². The molecular weight excluding hydrogens is 312 g/mol. The van der Waals surface area contributed by atoms with E-state index in [2.05, 4.69) is 0 Å². The number of rotatable bonds is 11. The molecule has 0 atom stereocenters. The zero-order valence-electron chi connectivity index (χ0n) is 14.3. The molecule has 0 aromatic heterocycles. The molecule has 0 aliphatic heterocycles. The van der Waals surface area contributed by atoms with Gasteiger partial charge in [-0.05, 0) is 31.5 Å². The van der Waals surface area contributed by atoms with Crippen LogP contribution >= 0.6 is 0 Å². The zero-order valence-corrected chi connectivity index (χ0v) is 14.3. The fraction of sp³-hybridized carbons (Fsp3) is 0.389. The van der Waals surface area contributed by atoms with Crippen LogP contribution in [0.2, 0.25) is 0 Å². The van der Waals surface area contributed by atoms with Crippen LogP contribution in [0, 0.1) is 0 Å². The Morgan fingerprint density at radius 1 is 1.04 bits per heavy atom. The van der Waals surface area contributed by atoms with Crippen LogP contribution in [0.5, 0.6) is 11.5 Å². The molecule has 6 heteroatoms. The third-order valence-corrected chi connectivity index (χ3v) is 2.81. The summed E-state index contributed by atoms with van der Waals surface area (Å²) in [6.07, 6.45) is 6.49. The predicted molar refractivity (Wildman–Crippen MR) is 90.9 cm³/mol. The van der Waals surface area contributed by atoms with Crippen LogP contribution in [-0.2, 0) is 19.0 Å². The number of methoxy groups -OCH3 is 1. The Morgan fingerprint density at radius 3 is 2.50 bits per heavy atom. The monoisotopic (exact) mass is 336 g/mol. The largest absolute Gasteiger partial charge is 0.493 e. The molecule has 24 heavy (non-hydrogen) atoms. The van der Waals surface area contributed by atoms with Gasteiger partial charge in [0.05, 0.1) is 7.11 Å². The summed E-state index contributed by atoms with van der Waals surface area (Å²) in [5.74, 6) is 0.764. The second-order valence-electron chi connectivity index (χ2n) is 4.46. The normalized spacial score (nSPS) is 11.1. The highest BCUT2D eigenvalue weighted by molar-refractivity contribution is 5.82.